The zero-order chi connectivity index (χ0) is 8.97. The summed E-state index contributed by atoms with van der Waals surface area (Å²) in [6.07, 6.45) is 5.13. The molecule has 62 valence electrons. The van der Waals surface area contributed by atoms with Crippen LogP contribution in [0.2, 0.25) is 0 Å². The van der Waals surface area contributed by atoms with Crippen molar-refractivity contribution in [1.29, 1.82) is 0 Å². The summed E-state index contributed by atoms with van der Waals surface area (Å²) in [5.74, 6) is 2.53. The highest BCUT2D eigenvalue weighted by Crippen LogP contribution is 2.18. The summed E-state index contributed by atoms with van der Waals surface area (Å²) < 4.78 is 0. The van der Waals surface area contributed by atoms with Crippen molar-refractivity contribution in [3.8, 4) is 12.3 Å². The first-order valence-corrected chi connectivity index (χ1v) is 4.15. The Morgan fingerprint density at radius 2 is 2.33 bits per heavy atom. The van der Waals surface area contributed by atoms with Crippen LogP contribution in [0.15, 0.2) is 23.1 Å². The van der Waals surface area contributed by atoms with Gasteiger partial charge >= 0.3 is 0 Å². The van der Waals surface area contributed by atoms with E-state index in [1.807, 2.05) is 25.1 Å². The van der Waals surface area contributed by atoms with Crippen LogP contribution in [0.1, 0.15) is 5.56 Å². The third-order valence-corrected chi connectivity index (χ3v) is 1.88. The van der Waals surface area contributed by atoms with Crippen molar-refractivity contribution in [2.24, 2.45) is 0 Å². The maximum atomic E-state index is 5.13. The second-order valence-corrected chi connectivity index (χ2v) is 3.07. The molecule has 0 bridgehead atoms. The minimum atomic E-state index is 0.554. The fourth-order valence-electron chi connectivity index (χ4n) is 0.947. The zero-order valence-corrected chi connectivity index (χ0v) is 7.86. The van der Waals surface area contributed by atoms with Crippen molar-refractivity contribution < 1.29 is 0 Å². The SMILES string of the molecule is C#CCNc1cc(S)ccc1C. The van der Waals surface area contributed by atoms with E-state index in [0.29, 0.717) is 6.54 Å². The average molecular weight is 177 g/mol. The lowest BCUT2D eigenvalue weighted by Crippen LogP contribution is -1.99. The van der Waals surface area contributed by atoms with Gasteiger partial charge in [0.1, 0.15) is 0 Å². The molecule has 0 aliphatic heterocycles. The first-order chi connectivity index (χ1) is 5.74. The van der Waals surface area contributed by atoms with Gasteiger partial charge in [-0.15, -0.1) is 19.1 Å². The standard InChI is InChI=1S/C10H11NS/c1-3-6-11-10-7-9(12)5-4-8(10)2/h1,4-5,7,11-12H,6H2,2H3. The van der Waals surface area contributed by atoms with Gasteiger partial charge in [-0.1, -0.05) is 12.0 Å². The fraction of sp³-hybridized carbons (Fsp3) is 0.200. The maximum Gasteiger partial charge on any atom is 0.0763 e. The normalized spacial score (nSPS) is 9.08. The molecule has 0 saturated carbocycles. The molecule has 0 aliphatic carbocycles. The van der Waals surface area contributed by atoms with Crippen molar-refractivity contribution >= 4 is 18.3 Å². The van der Waals surface area contributed by atoms with Gasteiger partial charge in [0.25, 0.3) is 0 Å². The Labute approximate surface area is 78.6 Å². The van der Waals surface area contributed by atoms with Gasteiger partial charge in [-0.2, -0.15) is 0 Å². The van der Waals surface area contributed by atoms with Crippen molar-refractivity contribution in [3.05, 3.63) is 23.8 Å². The number of nitrogens with one attached hydrogen (secondary N) is 1. The number of hydrogen-bond acceptors (Lipinski definition) is 2. The van der Waals surface area contributed by atoms with Crippen LogP contribution in [0.5, 0.6) is 0 Å². The highest BCUT2D eigenvalue weighted by atomic mass is 32.1. The summed E-state index contributed by atoms with van der Waals surface area (Å²) in [4.78, 5) is 0.945. The first kappa shape index (κ1) is 9.02. The molecule has 0 atom stereocenters. The molecule has 1 nitrogen and oxygen atoms in total. The van der Waals surface area contributed by atoms with Gasteiger partial charge in [0, 0.05) is 10.6 Å². The van der Waals surface area contributed by atoms with Crippen molar-refractivity contribution in [2.75, 3.05) is 11.9 Å². The highest BCUT2D eigenvalue weighted by molar-refractivity contribution is 7.80. The third kappa shape index (κ3) is 2.21. The largest absolute Gasteiger partial charge is 0.374 e. The molecule has 1 N–H and O–H groups in total. The molecule has 1 aromatic rings. The summed E-state index contributed by atoms with van der Waals surface area (Å²) in [5.41, 5.74) is 2.24. The number of thiol groups is 1. The highest BCUT2D eigenvalue weighted by Gasteiger charge is 1.95. The van der Waals surface area contributed by atoms with E-state index in [1.54, 1.807) is 0 Å². The molecule has 1 aromatic carbocycles. The number of aryl methyl sites for hydroxylation is 1. The summed E-state index contributed by atoms with van der Waals surface area (Å²) in [5, 5.41) is 3.12. The van der Waals surface area contributed by atoms with E-state index in [2.05, 4.69) is 23.9 Å². The van der Waals surface area contributed by atoms with E-state index in [9.17, 15) is 0 Å². The second-order valence-electron chi connectivity index (χ2n) is 2.56. The van der Waals surface area contributed by atoms with Gasteiger partial charge < -0.3 is 5.32 Å². The lowest BCUT2D eigenvalue weighted by atomic mass is 10.2. The molecular weight excluding hydrogens is 166 g/mol. The molecule has 1 rings (SSSR count). The van der Waals surface area contributed by atoms with Crippen molar-refractivity contribution in [1.82, 2.24) is 0 Å². The maximum absolute atomic E-state index is 5.13. The van der Waals surface area contributed by atoms with E-state index in [4.69, 9.17) is 6.42 Å². The number of terminal acetylenes is 1. The molecule has 0 aromatic heterocycles. The molecule has 0 heterocycles. The topological polar surface area (TPSA) is 12.0 Å². The van der Waals surface area contributed by atoms with Gasteiger partial charge in [0.05, 0.1) is 6.54 Å². The molecule has 0 radical (unpaired) electrons. The predicted molar refractivity (Wildman–Crippen MR) is 55.8 cm³/mol. The average Bonchev–Trinajstić information content (AvgIpc) is 2.07. The molecule has 0 unspecified atom stereocenters. The number of benzene rings is 1. The van der Waals surface area contributed by atoms with Crippen molar-refractivity contribution in [3.63, 3.8) is 0 Å². The van der Waals surface area contributed by atoms with Crippen LogP contribution >= 0.6 is 12.6 Å². The van der Waals surface area contributed by atoms with Gasteiger partial charge in [0.2, 0.25) is 0 Å². The number of rotatable bonds is 2. The first-order valence-electron chi connectivity index (χ1n) is 3.71. The number of hydrogen-bond donors (Lipinski definition) is 2. The van der Waals surface area contributed by atoms with Crippen LogP contribution in [0.25, 0.3) is 0 Å². The molecule has 0 fully saturated rings. The van der Waals surface area contributed by atoms with E-state index in [-0.39, 0.29) is 0 Å². The lowest BCUT2D eigenvalue weighted by molar-refractivity contribution is 1.30. The van der Waals surface area contributed by atoms with Crippen molar-refractivity contribution in [2.45, 2.75) is 11.8 Å². The van der Waals surface area contributed by atoms with E-state index in [1.165, 1.54) is 5.56 Å². The second kappa shape index (κ2) is 4.08. The Bertz CT molecular complexity index is 312. The Hall–Kier alpha value is -1.07. The Morgan fingerprint density at radius 3 is 3.00 bits per heavy atom. The molecular formula is C10H11NS. The molecule has 12 heavy (non-hydrogen) atoms. The summed E-state index contributed by atoms with van der Waals surface area (Å²) in [6, 6.07) is 5.94. The van der Waals surface area contributed by atoms with Gasteiger partial charge in [-0.05, 0) is 24.6 Å². The summed E-state index contributed by atoms with van der Waals surface area (Å²) in [6.45, 7) is 2.59. The van der Waals surface area contributed by atoms with E-state index in [0.717, 1.165) is 10.6 Å². The summed E-state index contributed by atoms with van der Waals surface area (Å²) in [7, 11) is 0. The van der Waals surface area contributed by atoms with E-state index < -0.39 is 0 Å². The van der Waals surface area contributed by atoms with Gasteiger partial charge in [0.15, 0.2) is 0 Å². The molecule has 0 amide bonds. The van der Waals surface area contributed by atoms with Crippen LogP contribution in [-0.4, -0.2) is 6.54 Å². The Balaban J connectivity index is 2.84. The smallest absolute Gasteiger partial charge is 0.0763 e. The van der Waals surface area contributed by atoms with Crippen LogP contribution in [0.3, 0.4) is 0 Å². The minimum absolute atomic E-state index is 0.554. The molecule has 0 spiro atoms. The monoisotopic (exact) mass is 177 g/mol. The lowest BCUT2D eigenvalue weighted by Gasteiger charge is -2.06. The van der Waals surface area contributed by atoms with E-state index >= 15 is 0 Å². The third-order valence-electron chi connectivity index (χ3n) is 1.60. The van der Waals surface area contributed by atoms with Gasteiger partial charge in [-0.3, -0.25) is 0 Å². The Kier molecular flexibility index (Phi) is 3.07. The number of anilines is 1. The minimum Gasteiger partial charge on any atom is -0.374 e. The quantitative estimate of drug-likeness (QED) is 0.522. The van der Waals surface area contributed by atoms with Crippen LogP contribution in [-0.2, 0) is 0 Å². The van der Waals surface area contributed by atoms with Crippen LogP contribution < -0.4 is 5.32 Å². The van der Waals surface area contributed by atoms with Crippen LogP contribution in [0, 0.1) is 19.3 Å². The Morgan fingerprint density at radius 1 is 1.58 bits per heavy atom. The summed E-state index contributed by atoms with van der Waals surface area (Å²) >= 11 is 4.23. The van der Waals surface area contributed by atoms with Crippen LogP contribution in [0.4, 0.5) is 5.69 Å². The van der Waals surface area contributed by atoms with Gasteiger partial charge in [-0.25, -0.2) is 0 Å². The zero-order valence-electron chi connectivity index (χ0n) is 6.96. The fourth-order valence-corrected chi connectivity index (χ4v) is 1.15. The molecule has 0 saturated heterocycles. The molecule has 0 aliphatic rings. The molecule has 2 heteroatoms. The predicted octanol–water partition coefficient (Wildman–Crippen LogP) is 2.33.